The highest BCUT2D eigenvalue weighted by molar-refractivity contribution is 9.10. The minimum atomic E-state index is -0.0875. The van der Waals surface area contributed by atoms with E-state index in [1.807, 2.05) is 0 Å². The predicted octanol–water partition coefficient (Wildman–Crippen LogP) is 3.79. The lowest BCUT2D eigenvalue weighted by molar-refractivity contribution is 0.103. The molecule has 2 heterocycles. The third kappa shape index (κ3) is 2.12. The molecule has 2 aromatic rings. The van der Waals surface area contributed by atoms with E-state index in [1.165, 1.54) is 11.3 Å². The lowest BCUT2D eigenvalue weighted by Crippen LogP contribution is -2.01. The summed E-state index contributed by atoms with van der Waals surface area (Å²) in [6, 6.07) is 3.39. The Balaban J connectivity index is 2.46. The molecule has 0 bridgehead atoms. The summed E-state index contributed by atoms with van der Waals surface area (Å²) in [5.41, 5.74) is 1.11. The van der Waals surface area contributed by atoms with Crippen LogP contribution in [0.25, 0.3) is 0 Å². The van der Waals surface area contributed by atoms with Gasteiger partial charge in [0.2, 0.25) is 0 Å². The summed E-state index contributed by atoms with van der Waals surface area (Å²) in [6.07, 6.45) is 3.17. The van der Waals surface area contributed by atoms with Crippen LogP contribution in [-0.4, -0.2) is 10.8 Å². The minimum Gasteiger partial charge on any atom is -0.288 e. The van der Waals surface area contributed by atoms with Crippen molar-refractivity contribution in [2.45, 2.75) is 0 Å². The highest BCUT2D eigenvalue weighted by atomic mass is 79.9. The van der Waals surface area contributed by atoms with E-state index >= 15 is 0 Å². The summed E-state index contributed by atoms with van der Waals surface area (Å²) < 4.78 is 1.20. The summed E-state index contributed by atoms with van der Waals surface area (Å²) in [5.74, 6) is -0.0875. The summed E-state index contributed by atoms with van der Waals surface area (Å²) in [6.45, 7) is 0. The Morgan fingerprint density at radius 3 is 2.80 bits per heavy atom. The molecular formula is C10H5BrClNOS. The van der Waals surface area contributed by atoms with Crippen molar-refractivity contribution in [3.8, 4) is 0 Å². The van der Waals surface area contributed by atoms with Crippen molar-refractivity contribution < 1.29 is 4.79 Å². The molecular weight excluding hydrogens is 298 g/mol. The van der Waals surface area contributed by atoms with Gasteiger partial charge in [-0.3, -0.25) is 9.78 Å². The standard InChI is InChI=1S/C10H5BrClNOS/c11-8-5-13-3-1-6(8)9(14)7-2-4-15-10(7)12/h1-5H. The number of carbonyl (C=O) groups excluding carboxylic acids is 1. The zero-order valence-electron chi connectivity index (χ0n) is 7.41. The highest BCUT2D eigenvalue weighted by Gasteiger charge is 2.15. The number of hydrogen-bond donors (Lipinski definition) is 0. The quantitative estimate of drug-likeness (QED) is 0.790. The van der Waals surface area contributed by atoms with E-state index in [9.17, 15) is 4.79 Å². The molecule has 0 fully saturated rings. The van der Waals surface area contributed by atoms with Gasteiger partial charge in [-0.15, -0.1) is 11.3 Å². The second-order valence-corrected chi connectivity index (χ2v) is 5.17. The number of pyridine rings is 1. The van der Waals surface area contributed by atoms with Crippen LogP contribution in [-0.2, 0) is 0 Å². The Morgan fingerprint density at radius 1 is 1.40 bits per heavy atom. The van der Waals surface area contributed by atoms with Crippen LogP contribution in [0.2, 0.25) is 4.34 Å². The first-order valence-electron chi connectivity index (χ1n) is 4.07. The molecule has 0 aliphatic heterocycles. The molecule has 76 valence electrons. The average Bonchev–Trinajstić information content (AvgIpc) is 2.64. The van der Waals surface area contributed by atoms with E-state index in [1.54, 1.807) is 29.9 Å². The third-order valence-corrected chi connectivity index (χ3v) is 3.68. The van der Waals surface area contributed by atoms with Crippen LogP contribution in [0.5, 0.6) is 0 Å². The predicted molar refractivity (Wildman–Crippen MR) is 64.7 cm³/mol. The van der Waals surface area contributed by atoms with Gasteiger partial charge in [-0.25, -0.2) is 0 Å². The summed E-state index contributed by atoms with van der Waals surface area (Å²) in [7, 11) is 0. The first-order chi connectivity index (χ1) is 7.20. The van der Waals surface area contributed by atoms with E-state index in [4.69, 9.17) is 11.6 Å². The monoisotopic (exact) mass is 301 g/mol. The van der Waals surface area contributed by atoms with Gasteiger partial charge < -0.3 is 0 Å². The van der Waals surface area contributed by atoms with Gasteiger partial charge in [-0.1, -0.05) is 11.6 Å². The fourth-order valence-electron chi connectivity index (χ4n) is 1.16. The molecule has 0 aliphatic carbocycles. The topological polar surface area (TPSA) is 30.0 Å². The van der Waals surface area contributed by atoms with Crippen molar-refractivity contribution >= 4 is 44.7 Å². The normalized spacial score (nSPS) is 10.3. The summed E-state index contributed by atoms with van der Waals surface area (Å²) >= 11 is 10.5. The second-order valence-electron chi connectivity index (χ2n) is 2.79. The van der Waals surface area contributed by atoms with Crippen molar-refractivity contribution in [1.29, 1.82) is 0 Å². The smallest absolute Gasteiger partial charge is 0.196 e. The molecule has 0 atom stereocenters. The van der Waals surface area contributed by atoms with Gasteiger partial charge in [0, 0.05) is 22.4 Å². The van der Waals surface area contributed by atoms with Crippen molar-refractivity contribution in [2.75, 3.05) is 0 Å². The zero-order chi connectivity index (χ0) is 10.8. The fourth-order valence-corrected chi connectivity index (χ4v) is 2.51. The molecule has 2 nitrogen and oxygen atoms in total. The maximum Gasteiger partial charge on any atom is 0.196 e. The molecule has 0 N–H and O–H groups in total. The SMILES string of the molecule is O=C(c1ccncc1Br)c1ccsc1Cl. The zero-order valence-corrected chi connectivity index (χ0v) is 10.6. The van der Waals surface area contributed by atoms with E-state index in [0.717, 1.165) is 0 Å². The molecule has 0 unspecified atom stereocenters. The number of halogens is 2. The maximum absolute atomic E-state index is 12.0. The second kappa shape index (κ2) is 4.43. The van der Waals surface area contributed by atoms with E-state index in [0.29, 0.717) is 19.9 Å². The van der Waals surface area contributed by atoms with Crippen LogP contribution in [0.4, 0.5) is 0 Å². The molecule has 0 saturated carbocycles. The molecule has 0 saturated heterocycles. The van der Waals surface area contributed by atoms with Gasteiger partial charge in [0.05, 0.1) is 5.56 Å². The Bertz CT molecular complexity index is 512. The number of ketones is 1. The molecule has 2 aromatic heterocycles. The van der Waals surface area contributed by atoms with Gasteiger partial charge in [-0.05, 0) is 33.4 Å². The van der Waals surface area contributed by atoms with Crippen molar-refractivity contribution in [2.24, 2.45) is 0 Å². The molecule has 0 amide bonds. The van der Waals surface area contributed by atoms with Crippen LogP contribution >= 0.6 is 38.9 Å². The molecule has 0 spiro atoms. The molecule has 0 aromatic carbocycles. The Kier molecular flexibility index (Phi) is 3.19. The number of nitrogens with zero attached hydrogens (tertiary/aromatic N) is 1. The van der Waals surface area contributed by atoms with Crippen LogP contribution in [0.15, 0.2) is 34.4 Å². The Hall–Kier alpha value is -0.710. The van der Waals surface area contributed by atoms with Gasteiger partial charge >= 0.3 is 0 Å². The number of carbonyl (C=O) groups is 1. The van der Waals surface area contributed by atoms with Crippen molar-refractivity contribution in [3.05, 3.63) is 49.8 Å². The van der Waals surface area contributed by atoms with Gasteiger partial charge in [-0.2, -0.15) is 0 Å². The van der Waals surface area contributed by atoms with Gasteiger partial charge in [0.25, 0.3) is 0 Å². The summed E-state index contributed by atoms with van der Waals surface area (Å²) in [4.78, 5) is 15.9. The first-order valence-corrected chi connectivity index (χ1v) is 6.12. The molecule has 15 heavy (non-hydrogen) atoms. The van der Waals surface area contributed by atoms with E-state index in [2.05, 4.69) is 20.9 Å². The summed E-state index contributed by atoms with van der Waals surface area (Å²) in [5, 5.41) is 1.80. The number of hydrogen-bond acceptors (Lipinski definition) is 3. The van der Waals surface area contributed by atoms with E-state index < -0.39 is 0 Å². The van der Waals surface area contributed by atoms with Crippen LogP contribution in [0.1, 0.15) is 15.9 Å². The Labute approximate surface area is 104 Å². The molecule has 2 rings (SSSR count). The Morgan fingerprint density at radius 2 is 2.20 bits per heavy atom. The van der Waals surface area contributed by atoms with Gasteiger partial charge in [0.15, 0.2) is 5.78 Å². The highest BCUT2D eigenvalue weighted by Crippen LogP contribution is 2.27. The largest absolute Gasteiger partial charge is 0.288 e. The fraction of sp³-hybridized carbons (Fsp3) is 0. The molecule has 0 aliphatic rings. The molecule has 5 heteroatoms. The number of rotatable bonds is 2. The van der Waals surface area contributed by atoms with Gasteiger partial charge in [0.1, 0.15) is 4.34 Å². The minimum absolute atomic E-state index is 0.0875. The number of thiophene rings is 1. The van der Waals surface area contributed by atoms with Crippen LogP contribution < -0.4 is 0 Å². The lowest BCUT2D eigenvalue weighted by atomic mass is 10.1. The number of aromatic nitrogens is 1. The van der Waals surface area contributed by atoms with Crippen LogP contribution in [0, 0.1) is 0 Å². The van der Waals surface area contributed by atoms with E-state index in [-0.39, 0.29) is 5.78 Å². The van der Waals surface area contributed by atoms with Crippen LogP contribution in [0.3, 0.4) is 0 Å². The lowest BCUT2D eigenvalue weighted by Gasteiger charge is -2.01. The maximum atomic E-state index is 12.0. The first kappa shape index (κ1) is 10.8. The third-order valence-electron chi connectivity index (χ3n) is 1.88. The molecule has 0 radical (unpaired) electrons. The van der Waals surface area contributed by atoms with Crippen molar-refractivity contribution in [1.82, 2.24) is 4.98 Å². The average molecular weight is 303 g/mol. The van der Waals surface area contributed by atoms with Crippen molar-refractivity contribution in [3.63, 3.8) is 0 Å².